The second-order valence-corrected chi connectivity index (χ2v) is 7.54. The largest absolute Gasteiger partial charge is 0.325 e. The fourth-order valence-electron chi connectivity index (χ4n) is 0. The van der Waals surface area contributed by atoms with Gasteiger partial charge in [0.15, 0.2) is 0 Å². The summed E-state index contributed by atoms with van der Waals surface area (Å²) in [6.07, 6.45) is 0.472. The number of hydrogen-bond donors (Lipinski definition) is 6. The van der Waals surface area contributed by atoms with Crippen LogP contribution >= 0.6 is 13.4 Å². The second-order valence-electron chi connectivity index (χ2n) is 2.55. The average molecular weight is 382 g/mol. The van der Waals surface area contributed by atoms with Crippen molar-refractivity contribution in [3.05, 3.63) is 0 Å². The molecule has 0 amide bonds. The molecule has 20 heavy (non-hydrogen) atoms. The zero-order valence-electron chi connectivity index (χ0n) is 12.1. The first-order chi connectivity index (χ1) is 8.65. The van der Waals surface area contributed by atoms with Gasteiger partial charge in [-0.25, -0.2) is 8.78 Å². The lowest BCUT2D eigenvalue weighted by Gasteiger charge is -1.88. The van der Waals surface area contributed by atoms with E-state index in [9.17, 15) is 8.78 Å². The summed E-state index contributed by atoms with van der Waals surface area (Å²) >= 11 is 7.21. The number of alkyl halides is 2. The van der Waals surface area contributed by atoms with Gasteiger partial charge in [-0.3, -0.25) is 0 Å². The van der Waals surface area contributed by atoms with Crippen molar-refractivity contribution in [3.8, 4) is 0 Å². The van der Waals surface area contributed by atoms with E-state index in [4.69, 9.17) is 29.4 Å². The Kier molecular flexibility index (Phi) is 36.4. The minimum Gasteiger partial charge on any atom is -0.325 e. The van der Waals surface area contributed by atoms with Crippen molar-refractivity contribution in [2.75, 3.05) is 0 Å². The van der Waals surface area contributed by atoms with Crippen LogP contribution in [0.4, 0.5) is 8.78 Å². The predicted molar refractivity (Wildman–Crippen MR) is 85.5 cm³/mol. The molecule has 0 saturated carbocycles. The standard InChI is InChI=1S/C4H10.C2H4F2.C2H6.2H3O3PS/c1-3-4-2;1-2(3)4;1-2;2*1-4(2,3)5/h3-4H2,1-2H3;2H,1H3;1-2H3;2*(H3,1,2,3,5). The Labute approximate surface area is 129 Å². The summed E-state index contributed by atoms with van der Waals surface area (Å²) in [5.74, 6) is 0. The fourth-order valence-corrected chi connectivity index (χ4v) is 0. The molecule has 0 aromatic rings. The minimum atomic E-state index is -3.81. The quantitative estimate of drug-likeness (QED) is 0.383. The van der Waals surface area contributed by atoms with Crippen molar-refractivity contribution < 1.29 is 38.1 Å². The van der Waals surface area contributed by atoms with Gasteiger partial charge in [-0.2, -0.15) is 0 Å². The van der Waals surface area contributed by atoms with Gasteiger partial charge >= 0.3 is 13.4 Å². The molecule has 0 fully saturated rings. The van der Waals surface area contributed by atoms with Gasteiger partial charge in [0.1, 0.15) is 0 Å². The van der Waals surface area contributed by atoms with Crippen LogP contribution in [-0.4, -0.2) is 35.8 Å². The van der Waals surface area contributed by atoms with Crippen LogP contribution < -0.4 is 0 Å². The number of halogens is 2. The molecule has 0 spiro atoms. The van der Waals surface area contributed by atoms with Gasteiger partial charge in [0.2, 0.25) is 6.43 Å². The zero-order chi connectivity index (χ0) is 18.0. The summed E-state index contributed by atoms with van der Waals surface area (Å²) in [5, 5.41) is 0. The summed E-state index contributed by atoms with van der Waals surface area (Å²) in [7, 11) is 0. The second kappa shape index (κ2) is 22.2. The number of rotatable bonds is 1. The van der Waals surface area contributed by atoms with Crippen molar-refractivity contribution in [2.24, 2.45) is 0 Å². The van der Waals surface area contributed by atoms with E-state index < -0.39 is 19.9 Å². The Balaban J connectivity index is -0.0000000482. The molecular formula is C8H26F2O6P2S2. The van der Waals surface area contributed by atoms with E-state index in [1.807, 2.05) is 13.8 Å². The normalized spacial score (nSPS) is 9.50. The molecule has 12 heteroatoms. The average Bonchev–Trinajstić information content (AvgIpc) is 2.14. The third kappa shape index (κ3) is 1650. The predicted octanol–water partition coefficient (Wildman–Crippen LogP) is 2.48. The Bertz CT molecular complexity index is 206. The highest BCUT2D eigenvalue weighted by molar-refractivity contribution is 8.06. The molecule has 130 valence electrons. The summed E-state index contributed by atoms with van der Waals surface area (Å²) < 4.78 is 20.7. The summed E-state index contributed by atoms with van der Waals surface area (Å²) in [6.45, 7) is 1.58. The van der Waals surface area contributed by atoms with Gasteiger partial charge in [0.05, 0.1) is 0 Å². The van der Waals surface area contributed by atoms with E-state index in [0.29, 0.717) is 0 Å². The van der Waals surface area contributed by atoms with Crippen molar-refractivity contribution in [1.29, 1.82) is 0 Å². The lowest BCUT2D eigenvalue weighted by Crippen LogP contribution is -1.69. The van der Waals surface area contributed by atoms with Gasteiger partial charge in [-0.1, -0.05) is 40.5 Å². The molecular weight excluding hydrogens is 356 g/mol. The first-order valence-corrected chi connectivity index (χ1v) is 10.8. The molecule has 0 atom stereocenters. The lowest BCUT2D eigenvalue weighted by molar-refractivity contribution is 0.171. The molecule has 0 aromatic carbocycles. The van der Waals surface area contributed by atoms with Crippen LogP contribution in [0, 0.1) is 0 Å². The van der Waals surface area contributed by atoms with Crippen LogP contribution in [0.25, 0.3) is 0 Å². The van der Waals surface area contributed by atoms with Crippen LogP contribution in [-0.2, 0) is 23.6 Å². The molecule has 0 aliphatic rings. The van der Waals surface area contributed by atoms with Crippen molar-refractivity contribution in [2.45, 2.75) is 53.9 Å². The molecule has 0 saturated heterocycles. The van der Waals surface area contributed by atoms with Crippen LogP contribution in [0.1, 0.15) is 47.5 Å². The number of unbranched alkanes of at least 4 members (excludes halogenated alkanes) is 1. The minimum absolute atomic E-state index is 0.833. The van der Waals surface area contributed by atoms with Gasteiger partial charge in [-0.15, -0.1) is 0 Å². The van der Waals surface area contributed by atoms with Gasteiger partial charge < -0.3 is 29.4 Å². The SMILES string of the molecule is CC.CC(F)F.CCCC.OP(O)(O)=S.OP(O)(O)=S. The summed E-state index contributed by atoms with van der Waals surface area (Å²) in [5.41, 5.74) is 0. The molecule has 0 bridgehead atoms. The highest BCUT2D eigenvalue weighted by Crippen LogP contribution is 2.26. The first-order valence-electron chi connectivity index (χ1n) is 5.49. The maximum Gasteiger partial charge on any atom is 0.319 e. The van der Waals surface area contributed by atoms with Crippen LogP contribution in [0.3, 0.4) is 0 Å². The van der Waals surface area contributed by atoms with Crippen molar-refractivity contribution in [3.63, 3.8) is 0 Å². The Morgan fingerprint density at radius 1 is 0.800 bits per heavy atom. The van der Waals surface area contributed by atoms with E-state index in [2.05, 4.69) is 37.5 Å². The monoisotopic (exact) mass is 382 g/mol. The molecule has 0 radical (unpaired) electrons. The smallest absolute Gasteiger partial charge is 0.319 e. The topological polar surface area (TPSA) is 121 Å². The zero-order valence-corrected chi connectivity index (χ0v) is 15.6. The highest BCUT2D eigenvalue weighted by atomic mass is 32.5. The highest BCUT2D eigenvalue weighted by Gasteiger charge is 1.92. The Morgan fingerprint density at radius 3 is 0.850 bits per heavy atom. The summed E-state index contributed by atoms with van der Waals surface area (Å²) in [4.78, 5) is 45.3. The van der Waals surface area contributed by atoms with E-state index in [-0.39, 0.29) is 0 Å². The van der Waals surface area contributed by atoms with Gasteiger partial charge in [0, 0.05) is 0 Å². The third-order valence-electron chi connectivity index (χ3n) is 0.500. The van der Waals surface area contributed by atoms with E-state index in [1.165, 1.54) is 12.8 Å². The molecule has 0 rings (SSSR count). The molecule has 6 nitrogen and oxygen atoms in total. The van der Waals surface area contributed by atoms with Crippen molar-refractivity contribution >= 4 is 37.1 Å². The molecule has 6 N–H and O–H groups in total. The first kappa shape index (κ1) is 32.8. The Hall–Kier alpha value is 0.920. The molecule has 0 aliphatic carbocycles. The number of hydrogen-bond acceptors (Lipinski definition) is 2. The Morgan fingerprint density at radius 2 is 0.850 bits per heavy atom. The molecule has 0 heterocycles. The molecule has 0 unspecified atom stereocenters. The van der Waals surface area contributed by atoms with Gasteiger partial charge in [0.25, 0.3) is 0 Å². The van der Waals surface area contributed by atoms with Crippen LogP contribution in [0.15, 0.2) is 0 Å². The van der Waals surface area contributed by atoms with E-state index in [0.717, 1.165) is 6.92 Å². The van der Waals surface area contributed by atoms with E-state index in [1.54, 1.807) is 0 Å². The maximum atomic E-state index is 10.3. The fraction of sp³-hybridized carbons (Fsp3) is 1.00. The third-order valence-corrected chi connectivity index (χ3v) is 0.500. The lowest BCUT2D eigenvalue weighted by atomic mass is 10.4. The molecule has 0 aliphatic heterocycles. The molecule has 0 aromatic heterocycles. The van der Waals surface area contributed by atoms with Crippen LogP contribution in [0.5, 0.6) is 0 Å². The summed E-state index contributed by atoms with van der Waals surface area (Å²) in [6, 6.07) is 0. The van der Waals surface area contributed by atoms with Crippen LogP contribution in [0.2, 0.25) is 0 Å². The van der Waals surface area contributed by atoms with Gasteiger partial charge in [-0.05, 0) is 30.5 Å². The maximum absolute atomic E-state index is 10.3. The van der Waals surface area contributed by atoms with Crippen molar-refractivity contribution in [1.82, 2.24) is 0 Å². The van der Waals surface area contributed by atoms with E-state index >= 15 is 0 Å².